The molecule has 114 valence electrons. The van der Waals surface area contributed by atoms with Crippen LogP contribution in [-0.2, 0) is 12.6 Å². The van der Waals surface area contributed by atoms with Gasteiger partial charge in [0.05, 0.1) is 11.6 Å². The van der Waals surface area contributed by atoms with Crippen LogP contribution in [0.4, 0.5) is 13.2 Å². The van der Waals surface area contributed by atoms with Crippen LogP contribution >= 0.6 is 15.9 Å². The van der Waals surface area contributed by atoms with Crippen molar-refractivity contribution in [2.24, 2.45) is 0 Å². The number of halogens is 4. The molecule has 21 heavy (non-hydrogen) atoms. The first-order chi connectivity index (χ1) is 9.90. The van der Waals surface area contributed by atoms with Crippen LogP contribution in [0.1, 0.15) is 29.9 Å². The van der Waals surface area contributed by atoms with E-state index in [4.69, 9.17) is 4.42 Å². The molecule has 1 atom stereocenters. The highest BCUT2D eigenvalue weighted by Gasteiger charge is 2.30. The molecule has 0 fully saturated rings. The van der Waals surface area contributed by atoms with E-state index in [9.17, 15) is 13.2 Å². The zero-order valence-corrected chi connectivity index (χ0v) is 13.0. The fourth-order valence-corrected chi connectivity index (χ4v) is 2.42. The van der Waals surface area contributed by atoms with Crippen molar-refractivity contribution < 1.29 is 17.6 Å². The van der Waals surface area contributed by atoms with E-state index in [2.05, 4.69) is 21.2 Å². The van der Waals surface area contributed by atoms with Crippen LogP contribution in [0, 0.1) is 0 Å². The molecule has 2 aromatic rings. The van der Waals surface area contributed by atoms with Gasteiger partial charge in [-0.25, -0.2) is 0 Å². The molecule has 1 aromatic heterocycles. The van der Waals surface area contributed by atoms with Crippen molar-refractivity contribution in [3.8, 4) is 0 Å². The molecule has 0 aliphatic carbocycles. The smallest absolute Gasteiger partial charge is 0.416 e. The van der Waals surface area contributed by atoms with E-state index in [0.717, 1.165) is 30.0 Å². The average Bonchev–Trinajstić information content (AvgIpc) is 2.84. The van der Waals surface area contributed by atoms with Crippen molar-refractivity contribution in [2.75, 3.05) is 6.54 Å². The second kappa shape index (κ2) is 6.66. The molecule has 0 bridgehead atoms. The lowest BCUT2D eigenvalue weighted by Gasteiger charge is -2.16. The summed E-state index contributed by atoms with van der Waals surface area (Å²) in [5.74, 6) is 0.753. The minimum Gasteiger partial charge on any atom is -0.453 e. The normalized spacial score (nSPS) is 13.4. The molecule has 0 saturated heterocycles. The lowest BCUT2D eigenvalue weighted by molar-refractivity contribution is -0.137. The molecule has 0 aliphatic heterocycles. The number of nitrogens with one attached hydrogen (secondary N) is 1. The number of furan rings is 1. The first kappa shape index (κ1) is 16.1. The van der Waals surface area contributed by atoms with Gasteiger partial charge in [0.25, 0.3) is 0 Å². The van der Waals surface area contributed by atoms with Gasteiger partial charge in [-0.2, -0.15) is 13.2 Å². The Morgan fingerprint density at radius 2 is 1.81 bits per heavy atom. The fourth-order valence-electron chi connectivity index (χ4n) is 2.10. The highest BCUT2D eigenvalue weighted by Crippen LogP contribution is 2.30. The van der Waals surface area contributed by atoms with E-state index in [-0.39, 0.29) is 6.04 Å². The SMILES string of the molecule is CCNC(Cc1ccc(C(F)(F)F)cc1)c1ccc(Br)o1. The lowest BCUT2D eigenvalue weighted by Crippen LogP contribution is -2.22. The van der Waals surface area contributed by atoms with Crippen molar-refractivity contribution in [2.45, 2.75) is 25.6 Å². The van der Waals surface area contributed by atoms with E-state index >= 15 is 0 Å². The van der Waals surface area contributed by atoms with E-state index in [1.165, 1.54) is 12.1 Å². The van der Waals surface area contributed by atoms with Crippen LogP contribution in [0.2, 0.25) is 0 Å². The van der Waals surface area contributed by atoms with Gasteiger partial charge in [0.1, 0.15) is 5.76 Å². The van der Waals surface area contributed by atoms with Gasteiger partial charge in [0.2, 0.25) is 0 Å². The molecule has 6 heteroatoms. The van der Waals surface area contributed by atoms with Crippen molar-refractivity contribution in [3.05, 3.63) is 58.0 Å². The summed E-state index contributed by atoms with van der Waals surface area (Å²) in [7, 11) is 0. The molecule has 0 radical (unpaired) electrons. The van der Waals surface area contributed by atoms with E-state index in [1.807, 2.05) is 13.0 Å². The van der Waals surface area contributed by atoms with Crippen LogP contribution in [-0.4, -0.2) is 6.54 Å². The maximum atomic E-state index is 12.5. The van der Waals surface area contributed by atoms with Crippen LogP contribution in [0.5, 0.6) is 0 Å². The maximum absolute atomic E-state index is 12.5. The van der Waals surface area contributed by atoms with Crippen LogP contribution < -0.4 is 5.32 Å². The van der Waals surface area contributed by atoms with Gasteiger partial charge in [0, 0.05) is 0 Å². The van der Waals surface area contributed by atoms with Crippen molar-refractivity contribution in [1.82, 2.24) is 5.32 Å². The summed E-state index contributed by atoms with van der Waals surface area (Å²) in [6.07, 6.45) is -3.74. The molecule has 0 saturated carbocycles. The zero-order valence-electron chi connectivity index (χ0n) is 11.4. The Hall–Kier alpha value is -1.27. The van der Waals surface area contributed by atoms with Gasteiger partial charge in [-0.1, -0.05) is 19.1 Å². The lowest BCUT2D eigenvalue weighted by atomic mass is 10.0. The number of hydrogen-bond acceptors (Lipinski definition) is 2. The molecule has 1 N–H and O–H groups in total. The summed E-state index contributed by atoms with van der Waals surface area (Å²) in [5, 5.41) is 3.27. The largest absolute Gasteiger partial charge is 0.453 e. The average molecular weight is 362 g/mol. The van der Waals surface area contributed by atoms with E-state index in [0.29, 0.717) is 11.1 Å². The summed E-state index contributed by atoms with van der Waals surface area (Å²) >= 11 is 3.25. The quantitative estimate of drug-likeness (QED) is 0.814. The van der Waals surface area contributed by atoms with Crippen molar-refractivity contribution >= 4 is 15.9 Å². The van der Waals surface area contributed by atoms with Gasteiger partial charge in [-0.15, -0.1) is 0 Å². The standard InChI is InChI=1S/C15H15BrF3NO/c1-2-20-12(13-7-8-14(16)21-13)9-10-3-5-11(6-4-10)15(17,18)19/h3-8,12,20H,2,9H2,1H3. The number of rotatable bonds is 5. The molecule has 1 heterocycles. The number of alkyl halides is 3. The van der Waals surface area contributed by atoms with Gasteiger partial charge in [-0.05, 0) is 58.7 Å². The van der Waals surface area contributed by atoms with Gasteiger partial charge in [0.15, 0.2) is 4.67 Å². The highest BCUT2D eigenvalue weighted by atomic mass is 79.9. The molecule has 2 nitrogen and oxygen atoms in total. The predicted molar refractivity (Wildman–Crippen MR) is 78.0 cm³/mol. The topological polar surface area (TPSA) is 25.2 Å². The highest BCUT2D eigenvalue weighted by molar-refractivity contribution is 9.10. The molecule has 0 spiro atoms. The summed E-state index contributed by atoms with van der Waals surface area (Å²) in [5.41, 5.74) is 0.188. The molecule has 2 rings (SSSR count). The third-order valence-electron chi connectivity index (χ3n) is 3.11. The van der Waals surface area contributed by atoms with Gasteiger partial charge >= 0.3 is 6.18 Å². The first-order valence-electron chi connectivity index (χ1n) is 6.55. The Morgan fingerprint density at radius 3 is 2.29 bits per heavy atom. The Morgan fingerprint density at radius 1 is 1.14 bits per heavy atom. The number of hydrogen-bond donors (Lipinski definition) is 1. The zero-order chi connectivity index (χ0) is 15.5. The Bertz CT molecular complexity index is 577. The number of likely N-dealkylation sites (N-methyl/N-ethyl adjacent to an activating group) is 1. The summed E-state index contributed by atoms with van der Waals surface area (Å²) in [6.45, 7) is 2.71. The molecular weight excluding hydrogens is 347 g/mol. The second-order valence-electron chi connectivity index (χ2n) is 4.65. The minimum atomic E-state index is -4.30. The minimum absolute atomic E-state index is 0.0713. The van der Waals surface area contributed by atoms with E-state index in [1.54, 1.807) is 6.07 Å². The summed E-state index contributed by atoms with van der Waals surface area (Å²) < 4.78 is 43.8. The van der Waals surface area contributed by atoms with Gasteiger partial charge in [-0.3, -0.25) is 0 Å². The molecule has 1 aromatic carbocycles. The van der Waals surface area contributed by atoms with E-state index < -0.39 is 11.7 Å². The fraction of sp³-hybridized carbons (Fsp3) is 0.333. The van der Waals surface area contributed by atoms with Crippen molar-refractivity contribution in [1.29, 1.82) is 0 Å². The second-order valence-corrected chi connectivity index (χ2v) is 5.43. The third-order valence-corrected chi connectivity index (χ3v) is 3.54. The first-order valence-corrected chi connectivity index (χ1v) is 7.34. The Kier molecular flexibility index (Phi) is 5.11. The van der Waals surface area contributed by atoms with Gasteiger partial charge < -0.3 is 9.73 Å². The third kappa shape index (κ3) is 4.35. The maximum Gasteiger partial charge on any atom is 0.416 e. The molecular formula is C15H15BrF3NO. The monoisotopic (exact) mass is 361 g/mol. The van der Waals surface area contributed by atoms with Crippen molar-refractivity contribution in [3.63, 3.8) is 0 Å². The Labute approximate surface area is 129 Å². The summed E-state index contributed by atoms with van der Waals surface area (Å²) in [4.78, 5) is 0. The predicted octanol–water partition coefficient (Wildman–Crippen LogP) is 4.95. The van der Waals surface area contributed by atoms with Crippen LogP contribution in [0.3, 0.4) is 0 Å². The van der Waals surface area contributed by atoms with Crippen LogP contribution in [0.25, 0.3) is 0 Å². The molecule has 0 amide bonds. The van der Waals surface area contributed by atoms with Crippen LogP contribution in [0.15, 0.2) is 45.5 Å². The number of benzene rings is 1. The molecule has 1 unspecified atom stereocenters. The summed E-state index contributed by atoms with van der Waals surface area (Å²) in [6, 6.07) is 8.80. The Balaban J connectivity index is 2.14. The molecule has 0 aliphatic rings.